The third-order valence-corrected chi connectivity index (χ3v) is 5.51. The van der Waals surface area contributed by atoms with Crippen molar-refractivity contribution in [3.05, 3.63) is 58.9 Å². The number of nitrogens with zero attached hydrogens (tertiary/aromatic N) is 3. The second-order valence-electron chi connectivity index (χ2n) is 8.28. The summed E-state index contributed by atoms with van der Waals surface area (Å²) >= 11 is 0. The van der Waals surface area contributed by atoms with Crippen molar-refractivity contribution in [1.82, 2.24) is 10.4 Å². The van der Waals surface area contributed by atoms with Gasteiger partial charge in [0.1, 0.15) is 0 Å². The Morgan fingerprint density at radius 2 is 2.21 bits per heavy atom. The Balaban J connectivity index is 1.84. The van der Waals surface area contributed by atoms with E-state index in [1.54, 1.807) is 24.5 Å². The van der Waals surface area contributed by atoms with E-state index < -0.39 is 0 Å². The molecule has 0 bridgehead atoms. The number of hydrazone groups is 1. The summed E-state index contributed by atoms with van der Waals surface area (Å²) in [5, 5.41) is 4.17. The SMILES string of the molecule is CCCN1c2cc(C)c(/C=N\NC(=O)c3cccnc3)cc2C(C)CC1(C)C. The molecule has 1 aromatic heterocycles. The van der Waals surface area contributed by atoms with Crippen molar-refractivity contribution >= 4 is 17.8 Å². The lowest BCUT2D eigenvalue weighted by molar-refractivity contribution is 0.0955. The maximum atomic E-state index is 12.1. The summed E-state index contributed by atoms with van der Waals surface area (Å²) in [6, 6.07) is 7.95. The van der Waals surface area contributed by atoms with Gasteiger partial charge in [-0.2, -0.15) is 5.10 Å². The normalized spacial score (nSPS) is 18.2. The van der Waals surface area contributed by atoms with E-state index in [9.17, 15) is 4.79 Å². The molecule has 0 saturated carbocycles. The van der Waals surface area contributed by atoms with E-state index in [1.807, 2.05) is 0 Å². The van der Waals surface area contributed by atoms with Crippen LogP contribution in [-0.4, -0.2) is 29.2 Å². The summed E-state index contributed by atoms with van der Waals surface area (Å²) in [6.07, 6.45) is 7.15. The number of carbonyl (C=O) groups excluding carboxylic acids is 1. The Bertz CT molecular complexity index is 874. The maximum Gasteiger partial charge on any atom is 0.272 e. The van der Waals surface area contributed by atoms with Crippen LogP contribution in [0.1, 0.15) is 73.5 Å². The number of amides is 1. The van der Waals surface area contributed by atoms with Gasteiger partial charge in [-0.1, -0.05) is 13.8 Å². The molecule has 1 aliphatic rings. The van der Waals surface area contributed by atoms with E-state index in [4.69, 9.17) is 0 Å². The lowest BCUT2D eigenvalue weighted by Crippen LogP contribution is -2.48. The number of pyridine rings is 1. The van der Waals surface area contributed by atoms with E-state index in [1.165, 1.54) is 17.4 Å². The number of nitrogens with one attached hydrogen (secondary N) is 1. The zero-order valence-corrected chi connectivity index (χ0v) is 17.5. The average molecular weight is 379 g/mol. The van der Waals surface area contributed by atoms with Crippen molar-refractivity contribution in [2.45, 2.75) is 58.9 Å². The van der Waals surface area contributed by atoms with Crippen molar-refractivity contribution < 1.29 is 4.79 Å². The second kappa shape index (κ2) is 8.13. The molecule has 0 spiro atoms. The summed E-state index contributed by atoms with van der Waals surface area (Å²) < 4.78 is 0. The zero-order valence-electron chi connectivity index (χ0n) is 17.5. The summed E-state index contributed by atoms with van der Waals surface area (Å²) in [5.74, 6) is 0.222. The van der Waals surface area contributed by atoms with Crippen LogP contribution in [0.25, 0.3) is 0 Å². The highest BCUT2D eigenvalue weighted by Gasteiger charge is 2.36. The Morgan fingerprint density at radius 1 is 1.43 bits per heavy atom. The molecule has 0 fully saturated rings. The first-order valence-electron chi connectivity index (χ1n) is 9.99. The third kappa shape index (κ3) is 4.08. The van der Waals surface area contributed by atoms with Gasteiger partial charge >= 0.3 is 0 Å². The molecule has 1 atom stereocenters. The Kier molecular flexibility index (Phi) is 5.82. The van der Waals surface area contributed by atoms with E-state index in [0.717, 1.165) is 30.5 Å². The molecular formula is C23H30N4O. The highest BCUT2D eigenvalue weighted by atomic mass is 16.2. The van der Waals surface area contributed by atoms with Crippen molar-refractivity contribution in [3.63, 3.8) is 0 Å². The molecule has 5 heteroatoms. The van der Waals surface area contributed by atoms with E-state index in [-0.39, 0.29) is 11.4 Å². The quantitative estimate of drug-likeness (QED) is 0.608. The fraction of sp³-hybridized carbons (Fsp3) is 0.435. The number of aryl methyl sites for hydroxylation is 1. The van der Waals surface area contributed by atoms with Crippen molar-refractivity contribution in [1.29, 1.82) is 0 Å². The van der Waals surface area contributed by atoms with Gasteiger partial charge in [-0.25, -0.2) is 5.43 Å². The lowest BCUT2D eigenvalue weighted by Gasteiger charge is -2.48. The first-order valence-corrected chi connectivity index (χ1v) is 9.99. The smallest absolute Gasteiger partial charge is 0.272 e. The van der Waals surface area contributed by atoms with Crippen LogP contribution >= 0.6 is 0 Å². The number of anilines is 1. The summed E-state index contributed by atoms with van der Waals surface area (Å²) in [7, 11) is 0. The van der Waals surface area contributed by atoms with Crippen LogP contribution in [0.5, 0.6) is 0 Å². The molecule has 148 valence electrons. The monoisotopic (exact) mass is 378 g/mol. The molecule has 0 aliphatic carbocycles. The van der Waals surface area contributed by atoms with Crippen molar-refractivity contribution in [3.8, 4) is 0 Å². The van der Waals surface area contributed by atoms with Gasteiger partial charge in [0, 0.05) is 30.2 Å². The maximum absolute atomic E-state index is 12.1. The van der Waals surface area contributed by atoms with Gasteiger partial charge in [-0.05, 0) is 80.5 Å². The summed E-state index contributed by atoms with van der Waals surface area (Å²) in [4.78, 5) is 18.6. The Morgan fingerprint density at radius 3 is 2.89 bits per heavy atom. The fourth-order valence-corrected chi connectivity index (χ4v) is 4.16. The number of fused-ring (bicyclic) bond motifs is 1. The van der Waals surface area contributed by atoms with E-state index in [0.29, 0.717) is 11.5 Å². The molecule has 2 aromatic rings. The Hall–Kier alpha value is -2.69. The summed E-state index contributed by atoms with van der Waals surface area (Å²) in [5.41, 5.74) is 8.12. The number of hydrogen-bond acceptors (Lipinski definition) is 4. The van der Waals surface area contributed by atoms with Crippen LogP contribution in [-0.2, 0) is 0 Å². The standard InChI is InChI=1S/C23H30N4O/c1-6-10-27-21-11-16(2)19(12-20(21)17(3)13-23(27,4)5)15-25-26-22(28)18-8-7-9-24-14-18/h7-9,11-12,14-15,17H,6,10,13H2,1-5H3,(H,26,28)/b25-15-. The number of rotatable bonds is 5. The Labute approximate surface area is 167 Å². The molecule has 2 heterocycles. The molecule has 1 aliphatic heterocycles. The average Bonchev–Trinajstić information content (AvgIpc) is 2.66. The molecule has 1 amide bonds. The van der Waals surface area contributed by atoms with Crippen LogP contribution in [0.15, 0.2) is 41.8 Å². The van der Waals surface area contributed by atoms with Gasteiger partial charge in [0.05, 0.1) is 11.8 Å². The number of carbonyl (C=O) groups is 1. The topological polar surface area (TPSA) is 57.6 Å². The third-order valence-electron chi connectivity index (χ3n) is 5.51. The van der Waals surface area contributed by atoms with Gasteiger partial charge in [-0.15, -0.1) is 0 Å². The van der Waals surface area contributed by atoms with Crippen molar-refractivity contribution in [2.24, 2.45) is 5.10 Å². The van der Waals surface area contributed by atoms with Crippen LogP contribution in [0, 0.1) is 6.92 Å². The minimum absolute atomic E-state index is 0.155. The van der Waals surface area contributed by atoms with E-state index in [2.05, 4.69) is 67.2 Å². The van der Waals surface area contributed by atoms with Crippen LogP contribution < -0.4 is 10.3 Å². The lowest BCUT2D eigenvalue weighted by atomic mass is 9.79. The van der Waals surface area contributed by atoms with Gasteiger partial charge in [0.15, 0.2) is 0 Å². The molecule has 5 nitrogen and oxygen atoms in total. The highest BCUT2D eigenvalue weighted by molar-refractivity contribution is 5.94. The largest absolute Gasteiger partial charge is 0.366 e. The second-order valence-corrected chi connectivity index (χ2v) is 8.28. The van der Waals surface area contributed by atoms with Gasteiger partial charge < -0.3 is 4.90 Å². The predicted molar refractivity (Wildman–Crippen MR) is 115 cm³/mol. The van der Waals surface area contributed by atoms with Crippen molar-refractivity contribution in [2.75, 3.05) is 11.4 Å². The first-order chi connectivity index (χ1) is 13.3. The molecule has 1 N–H and O–H groups in total. The summed E-state index contributed by atoms with van der Waals surface area (Å²) in [6.45, 7) is 12.3. The van der Waals surface area contributed by atoms with Gasteiger partial charge in [0.25, 0.3) is 5.91 Å². The zero-order chi connectivity index (χ0) is 20.3. The van der Waals surface area contributed by atoms with Crippen LogP contribution in [0.2, 0.25) is 0 Å². The van der Waals surface area contributed by atoms with Gasteiger partial charge in [-0.3, -0.25) is 9.78 Å². The van der Waals surface area contributed by atoms with Crippen LogP contribution in [0.4, 0.5) is 5.69 Å². The number of hydrogen-bond donors (Lipinski definition) is 1. The molecule has 0 saturated heterocycles. The molecule has 1 aromatic carbocycles. The van der Waals surface area contributed by atoms with Gasteiger partial charge in [0.2, 0.25) is 0 Å². The minimum atomic E-state index is -0.260. The molecule has 1 unspecified atom stereocenters. The molecular weight excluding hydrogens is 348 g/mol. The molecule has 0 radical (unpaired) electrons. The molecule has 3 rings (SSSR count). The minimum Gasteiger partial charge on any atom is -0.366 e. The number of aromatic nitrogens is 1. The molecule has 28 heavy (non-hydrogen) atoms. The first kappa shape index (κ1) is 20.1. The van der Waals surface area contributed by atoms with Crippen LogP contribution in [0.3, 0.4) is 0 Å². The highest BCUT2D eigenvalue weighted by Crippen LogP contribution is 2.44. The van der Waals surface area contributed by atoms with E-state index >= 15 is 0 Å². The predicted octanol–water partition coefficient (Wildman–Crippen LogP) is 4.66. The number of benzene rings is 1. The fourth-order valence-electron chi connectivity index (χ4n) is 4.16.